The van der Waals surface area contributed by atoms with Gasteiger partial charge in [0.1, 0.15) is 9.86 Å². The van der Waals surface area contributed by atoms with Crippen molar-refractivity contribution in [3.05, 3.63) is 35.5 Å². The Morgan fingerprint density at radius 1 is 1.19 bits per heavy atom. The lowest BCUT2D eigenvalue weighted by Gasteiger charge is -2.06. The Labute approximate surface area is 132 Å². The molecule has 3 heterocycles. The van der Waals surface area contributed by atoms with E-state index in [1.54, 1.807) is 35.5 Å². The second-order valence-electron chi connectivity index (χ2n) is 4.45. The van der Waals surface area contributed by atoms with E-state index in [1.165, 1.54) is 4.88 Å². The number of nitrogens with one attached hydrogen (secondary N) is 1. The topological polar surface area (TPSA) is 50.7 Å². The van der Waals surface area contributed by atoms with Crippen LogP contribution in [0.1, 0.15) is 18.7 Å². The molecule has 0 aliphatic heterocycles. The first-order valence-electron chi connectivity index (χ1n) is 6.92. The fourth-order valence-corrected chi connectivity index (χ4v) is 3.86. The molecule has 3 aromatic rings. The lowest BCUT2D eigenvalue weighted by atomic mass is 10.3. The zero-order chi connectivity index (χ0) is 14.7. The van der Waals surface area contributed by atoms with E-state index in [9.17, 15) is 0 Å². The van der Waals surface area contributed by atoms with E-state index in [0.29, 0.717) is 5.95 Å². The number of nitrogens with zero attached hydrogens (tertiary/aromatic N) is 3. The van der Waals surface area contributed by atoms with Crippen molar-refractivity contribution < 1.29 is 0 Å². The molecule has 0 aliphatic rings. The number of hydrogen-bond acceptors (Lipinski definition) is 6. The van der Waals surface area contributed by atoms with Gasteiger partial charge in [-0.25, -0.2) is 9.97 Å². The normalized spacial score (nSPS) is 11.0. The third-order valence-electron chi connectivity index (χ3n) is 2.96. The number of thiophene rings is 1. The van der Waals surface area contributed by atoms with Crippen molar-refractivity contribution in [3.8, 4) is 0 Å². The van der Waals surface area contributed by atoms with Crippen LogP contribution < -0.4 is 5.32 Å². The number of aromatic nitrogens is 3. The van der Waals surface area contributed by atoms with Gasteiger partial charge >= 0.3 is 0 Å². The molecule has 6 heteroatoms. The second kappa shape index (κ2) is 6.41. The van der Waals surface area contributed by atoms with Gasteiger partial charge in [-0.1, -0.05) is 18.7 Å². The summed E-state index contributed by atoms with van der Waals surface area (Å²) in [6, 6.07) is 6.20. The minimum atomic E-state index is 0.700. The Morgan fingerprint density at radius 2 is 2.00 bits per heavy atom. The largest absolute Gasteiger partial charge is 0.354 e. The summed E-state index contributed by atoms with van der Waals surface area (Å²) in [6.07, 6.45) is 4.63. The molecule has 0 fully saturated rings. The molecular weight excluding hydrogens is 300 g/mol. The molecule has 4 nitrogen and oxygen atoms in total. The summed E-state index contributed by atoms with van der Waals surface area (Å²) in [4.78, 5) is 16.8. The zero-order valence-corrected chi connectivity index (χ0v) is 13.6. The highest BCUT2D eigenvalue weighted by Crippen LogP contribution is 2.35. The number of hydrogen-bond donors (Lipinski definition) is 1. The smallest absolute Gasteiger partial charge is 0.225 e. The lowest BCUT2D eigenvalue weighted by Crippen LogP contribution is -2.02. The van der Waals surface area contributed by atoms with Crippen molar-refractivity contribution >= 4 is 39.3 Å². The molecule has 0 amide bonds. The van der Waals surface area contributed by atoms with Crippen molar-refractivity contribution in [1.82, 2.24) is 15.0 Å². The van der Waals surface area contributed by atoms with Crippen LogP contribution in [0.15, 0.2) is 40.5 Å². The lowest BCUT2D eigenvalue weighted by molar-refractivity contribution is 1.05. The van der Waals surface area contributed by atoms with E-state index >= 15 is 0 Å². The number of aryl methyl sites for hydroxylation is 1. The summed E-state index contributed by atoms with van der Waals surface area (Å²) in [5.41, 5.74) is 0. The van der Waals surface area contributed by atoms with Crippen molar-refractivity contribution in [2.75, 3.05) is 11.9 Å². The van der Waals surface area contributed by atoms with Crippen LogP contribution in [0.5, 0.6) is 0 Å². The molecule has 108 valence electrons. The fourth-order valence-electron chi connectivity index (χ4n) is 1.95. The van der Waals surface area contributed by atoms with Gasteiger partial charge in [0.25, 0.3) is 0 Å². The quantitative estimate of drug-likeness (QED) is 0.714. The minimum Gasteiger partial charge on any atom is -0.354 e. The Bertz CT molecular complexity index is 740. The number of fused-ring (bicyclic) bond motifs is 1. The molecule has 0 spiro atoms. The predicted molar refractivity (Wildman–Crippen MR) is 89.3 cm³/mol. The Hall–Kier alpha value is -1.66. The first kappa shape index (κ1) is 14.3. The standard InChI is InChI=1S/C15H16N4S2/c1-3-10-9-12-13(20-10)18-15(17-4-2)19-14(12)21-11-5-7-16-8-6-11/h5-9H,3-4H2,1-2H3,(H,17,18,19). The van der Waals surface area contributed by atoms with Gasteiger partial charge in [-0.15, -0.1) is 11.3 Å². The third-order valence-corrected chi connectivity index (χ3v) is 5.14. The van der Waals surface area contributed by atoms with Gasteiger partial charge < -0.3 is 5.32 Å². The van der Waals surface area contributed by atoms with E-state index < -0.39 is 0 Å². The van der Waals surface area contributed by atoms with E-state index in [0.717, 1.165) is 33.1 Å². The van der Waals surface area contributed by atoms with Crippen LogP contribution in [0.3, 0.4) is 0 Å². The number of anilines is 1. The van der Waals surface area contributed by atoms with Crippen molar-refractivity contribution in [3.63, 3.8) is 0 Å². The van der Waals surface area contributed by atoms with E-state index in [-0.39, 0.29) is 0 Å². The van der Waals surface area contributed by atoms with Crippen LogP contribution in [0.4, 0.5) is 5.95 Å². The zero-order valence-electron chi connectivity index (χ0n) is 12.0. The SMILES string of the molecule is CCNc1nc(Sc2ccncc2)c2cc(CC)sc2n1. The maximum Gasteiger partial charge on any atom is 0.225 e. The van der Waals surface area contributed by atoms with Gasteiger partial charge in [-0.3, -0.25) is 4.98 Å². The highest BCUT2D eigenvalue weighted by atomic mass is 32.2. The van der Waals surface area contributed by atoms with E-state index in [4.69, 9.17) is 0 Å². The van der Waals surface area contributed by atoms with Crippen LogP contribution in [0, 0.1) is 0 Å². The first-order chi connectivity index (χ1) is 10.3. The van der Waals surface area contributed by atoms with Crippen LogP contribution in [-0.2, 0) is 6.42 Å². The molecule has 0 unspecified atom stereocenters. The Kier molecular flexibility index (Phi) is 4.36. The molecule has 0 radical (unpaired) electrons. The van der Waals surface area contributed by atoms with Crippen LogP contribution in [-0.4, -0.2) is 21.5 Å². The third kappa shape index (κ3) is 3.16. The Balaban J connectivity index is 2.07. The van der Waals surface area contributed by atoms with E-state index in [1.807, 2.05) is 12.1 Å². The molecule has 21 heavy (non-hydrogen) atoms. The maximum absolute atomic E-state index is 4.66. The van der Waals surface area contributed by atoms with Crippen LogP contribution in [0.25, 0.3) is 10.2 Å². The number of pyridine rings is 1. The highest BCUT2D eigenvalue weighted by Gasteiger charge is 2.12. The summed E-state index contributed by atoms with van der Waals surface area (Å²) < 4.78 is 0. The van der Waals surface area contributed by atoms with Gasteiger partial charge in [0.05, 0.1) is 0 Å². The molecule has 3 rings (SSSR count). The summed E-state index contributed by atoms with van der Waals surface area (Å²) in [7, 11) is 0. The monoisotopic (exact) mass is 316 g/mol. The fraction of sp³-hybridized carbons (Fsp3) is 0.267. The summed E-state index contributed by atoms with van der Waals surface area (Å²) in [5, 5.41) is 5.35. The predicted octanol–water partition coefficient (Wildman–Crippen LogP) is 4.23. The van der Waals surface area contributed by atoms with Crippen molar-refractivity contribution in [2.24, 2.45) is 0 Å². The maximum atomic E-state index is 4.66. The molecule has 0 aliphatic carbocycles. The molecule has 0 bridgehead atoms. The summed E-state index contributed by atoms with van der Waals surface area (Å²) in [5.74, 6) is 0.700. The molecule has 3 aromatic heterocycles. The Morgan fingerprint density at radius 3 is 2.71 bits per heavy atom. The molecule has 0 atom stereocenters. The van der Waals surface area contributed by atoms with Crippen molar-refractivity contribution in [2.45, 2.75) is 30.2 Å². The van der Waals surface area contributed by atoms with E-state index in [2.05, 4.69) is 40.2 Å². The van der Waals surface area contributed by atoms with Crippen LogP contribution in [0.2, 0.25) is 0 Å². The highest BCUT2D eigenvalue weighted by molar-refractivity contribution is 7.99. The minimum absolute atomic E-state index is 0.700. The number of rotatable bonds is 5. The van der Waals surface area contributed by atoms with Crippen molar-refractivity contribution in [1.29, 1.82) is 0 Å². The molecular formula is C15H16N4S2. The summed E-state index contributed by atoms with van der Waals surface area (Å²) in [6.45, 7) is 5.03. The average molecular weight is 316 g/mol. The second-order valence-corrected chi connectivity index (χ2v) is 6.63. The summed E-state index contributed by atoms with van der Waals surface area (Å²) >= 11 is 3.40. The molecule has 0 saturated heterocycles. The molecule has 1 N–H and O–H groups in total. The average Bonchev–Trinajstić information content (AvgIpc) is 2.92. The molecule has 0 aromatic carbocycles. The van der Waals surface area contributed by atoms with Crippen LogP contribution >= 0.6 is 23.1 Å². The first-order valence-corrected chi connectivity index (χ1v) is 8.55. The van der Waals surface area contributed by atoms with Gasteiger partial charge in [0, 0.05) is 34.1 Å². The van der Waals surface area contributed by atoms with Gasteiger partial charge in [-0.2, -0.15) is 0 Å². The van der Waals surface area contributed by atoms with Gasteiger partial charge in [0.2, 0.25) is 5.95 Å². The van der Waals surface area contributed by atoms with Gasteiger partial charge in [0.15, 0.2) is 0 Å². The van der Waals surface area contributed by atoms with Gasteiger partial charge in [-0.05, 0) is 31.5 Å². The molecule has 0 saturated carbocycles.